The second-order valence-corrected chi connectivity index (χ2v) is 4.16. The normalized spacial score (nSPS) is 19.2. The summed E-state index contributed by atoms with van der Waals surface area (Å²) in [6.45, 7) is 0.733. The first-order chi connectivity index (χ1) is 8.97. The van der Waals surface area contributed by atoms with Crippen molar-refractivity contribution in [2.75, 3.05) is 11.9 Å². The molecule has 1 atom stereocenters. The molecule has 7 heteroatoms. The molecular weight excluding hydrogens is 261 g/mol. The Kier molecular flexibility index (Phi) is 3.94. The van der Waals surface area contributed by atoms with Crippen LogP contribution in [0.4, 0.5) is 23.7 Å². The topological polar surface area (TPSA) is 50.4 Å². The highest BCUT2D eigenvalue weighted by atomic mass is 19.4. The Morgan fingerprint density at radius 1 is 1.37 bits per heavy atom. The number of carbonyl (C=O) groups excluding carboxylic acids is 1. The van der Waals surface area contributed by atoms with Crippen LogP contribution in [0.1, 0.15) is 18.4 Å². The molecule has 2 rings (SSSR count). The third-order valence-electron chi connectivity index (χ3n) is 2.73. The van der Waals surface area contributed by atoms with Crippen LogP contribution in [0.5, 0.6) is 0 Å². The van der Waals surface area contributed by atoms with E-state index in [1.165, 1.54) is 18.2 Å². The van der Waals surface area contributed by atoms with E-state index in [9.17, 15) is 18.0 Å². The first-order valence-corrected chi connectivity index (χ1v) is 5.84. The highest BCUT2D eigenvalue weighted by Crippen LogP contribution is 2.34. The maximum Gasteiger partial charge on any atom is 0.418 e. The van der Waals surface area contributed by atoms with Crippen molar-refractivity contribution < 1.29 is 22.7 Å². The first-order valence-electron chi connectivity index (χ1n) is 5.84. The van der Waals surface area contributed by atoms with Gasteiger partial charge in [0, 0.05) is 0 Å². The average molecular weight is 274 g/mol. The quantitative estimate of drug-likeness (QED) is 0.871. The predicted molar refractivity (Wildman–Crippen MR) is 62.6 cm³/mol. The van der Waals surface area contributed by atoms with Gasteiger partial charge < -0.3 is 4.74 Å². The fourth-order valence-electron chi connectivity index (χ4n) is 1.86. The molecule has 1 saturated heterocycles. The van der Waals surface area contributed by atoms with E-state index < -0.39 is 24.1 Å². The summed E-state index contributed by atoms with van der Waals surface area (Å²) < 4.78 is 43.1. The number of benzene rings is 1. The zero-order valence-corrected chi connectivity index (χ0v) is 9.96. The Labute approximate surface area is 107 Å². The number of rotatable bonds is 2. The summed E-state index contributed by atoms with van der Waals surface area (Å²) in [5, 5.41) is 5.04. The predicted octanol–water partition coefficient (Wildman–Crippen LogP) is 2.96. The Balaban J connectivity index is 2.04. The van der Waals surface area contributed by atoms with Gasteiger partial charge in [-0.2, -0.15) is 13.2 Å². The van der Waals surface area contributed by atoms with E-state index in [0.29, 0.717) is 6.42 Å². The van der Waals surface area contributed by atoms with Gasteiger partial charge in [0.2, 0.25) is 0 Å². The van der Waals surface area contributed by atoms with E-state index in [-0.39, 0.29) is 5.69 Å². The van der Waals surface area contributed by atoms with Gasteiger partial charge in [0.25, 0.3) is 0 Å². The van der Waals surface area contributed by atoms with Gasteiger partial charge in [-0.15, -0.1) is 0 Å². The average Bonchev–Trinajstić information content (AvgIpc) is 2.81. The summed E-state index contributed by atoms with van der Waals surface area (Å²) in [6.07, 6.45) is -4.31. The van der Waals surface area contributed by atoms with Gasteiger partial charge >= 0.3 is 12.3 Å². The molecule has 104 valence electrons. The van der Waals surface area contributed by atoms with E-state index in [4.69, 9.17) is 4.74 Å². The fraction of sp³-hybridized carbons (Fsp3) is 0.417. The van der Waals surface area contributed by atoms with Crippen LogP contribution in [0.2, 0.25) is 0 Å². The summed E-state index contributed by atoms with van der Waals surface area (Å²) in [6, 6.07) is 4.77. The van der Waals surface area contributed by atoms with Gasteiger partial charge in [-0.25, -0.2) is 4.79 Å². The van der Waals surface area contributed by atoms with Crippen molar-refractivity contribution in [2.24, 2.45) is 0 Å². The van der Waals surface area contributed by atoms with Gasteiger partial charge in [0.1, 0.15) is 0 Å². The molecule has 0 radical (unpaired) electrons. The Hall–Kier alpha value is -1.76. The SMILES string of the molecule is O=C(Nc1ccccc1C(F)(F)F)OC1CCCN1. The monoisotopic (exact) mass is 274 g/mol. The molecule has 1 heterocycles. The number of para-hydroxylation sites is 1. The standard InChI is InChI=1S/C12H13F3N2O2/c13-12(14,15)8-4-1-2-5-9(8)17-11(18)19-10-6-3-7-16-10/h1-2,4-5,10,16H,3,6-7H2,(H,17,18). The minimum absolute atomic E-state index is 0.307. The van der Waals surface area contributed by atoms with E-state index in [0.717, 1.165) is 19.0 Å². The lowest BCUT2D eigenvalue weighted by Gasteiger charge is -2.15. The van der Waals surface area contributed by atoms with Crippen molar-refractivity contribution in [3.8, 4) is 0 Å². The number of amides is 1. The number of halogens is 3. The summed E-state index contributed by atoms with van der Waals surface area (Å²) >= 11 is 0. The van der Waals surface area contributed by atoms with E-state index in [1.54, 1.807) is 0 Å². The molecule has 0 saturated carbocycles. The van der Waals surface area contributed by atoms with Crippen LogP contribution in [0.15, 0.2) is 24.3 Å². The fourth-order valence-corrected chi connectivity index (χ4v) is 1.86. The van der Waals surface area contributed by atoms with Crippen LogP contribution in [0, 0.1) is 0 Å². The van der Waals surface area contributed by atoms with E-state index in [1.807, 2.05) is 0 Å². The van der Waals surface area contributed by atoms with Crippen molar-refractivity contribution in [3.05, 3.63) is 29.8 Å². The molecule has 19 heavy (non-hydrogen) atoms. The van der Waals surface area contributed by atoms with Gasteiger partial charge in [0.05, 0.1) is 11.3 Å². The number of anilines is 1. The highest BCUT2D eigenvalue weighted by molar-refractivity contribution is 5.85. The molecular formula is C12H13F3N2O2. The Bertz CT molecular complexity index is 457. The zero-order valence-electron chi connectivity index (χ0n) is 9.96. The number of nitrogens with one attached hydrogen (secondary N) is 2. The van der Waals surface area contributed by atoms with Crippen LogP contribution in [0.3, 0.4) is 0 Å². The number of ether oxygens (including phenoxy) is 1. The third kappa shape index (κ3) is 3.60. The van der Waals surface area contributed by atoms with Gasteiger partial charge in [-0.1, -0.05) is 12.1 Å². The van der Waals surface area contributed by atoms with Crippen LogP contribution >= 0.6 is 0 Å². The van der Waals surface area contributed by atoms with Crippen molar-refractivity contribution in [3.63, 3.8) is 0 Å². The van der Waals surface area contributed by atoms with Crippen LogP contribution in [0.25, 0.3) is 0 Å². The summed E-state index contributed by atoms with van der Waals surface area (Å²) in [5.41, 5.74) is -1.20. The molecule has 0 bridgehead atoms. The third-order valence-corrected chi connectivity index (χ3v) is 2.73. The molecule has 1 aliphatic heterocycles. The molecule has 0 spiro atoms. The number of alkyl halides is 3. The lowest BCUT2D eigenvalue weighted by Crippen LogP contribution is -2.30. The maximum absolute atomic E-state index is 12.7. The molecule has 1 aromatic rings. The lowest BCUT2D eigenvalue weighted by molar-refractivity contribution is -0.136. The zero-order chi connectivity index (χ0) is 13.9. The van der Waals surface area contributed by atoms with E-state index in [2.05, 4.69) is 10.6 Å². The largest absolute Gasteiger partial charge is 0.430 e. The van der Waals surface area contributed by atoms with Gasteiger partial charge in [0.15, 0.2) is 6.23 Å². The molecule has 2 N–H and O–H groups in total. The van der Waals surface area contributed by atoms with E-state index >= 15 is 0 Å². The maximum atomic E-state index is 12.7. The summed E-state index contributed by atoms with van der Waals surface area (Å²) in [4.78, 5) is 11.5. The van der Waals surface area contributed by atoms with Crippen molar-refractivity contribution in [2.45, 2.75) is 25.2 Å². The molecule has 1 aliphatic rings. The molecule has 0 aromatic heterocycles. The second-order valence-electron chi connectivity index (χ2n) is 4.16. The lowest BCUT2D eigenvalue weighted by atomic mass is 10.2. The number of hydrogen-bond acceptors (Lipinski definition) is 3. The molecule has 1 aromatic carbocycles. The summed E-state index contributed by atoms with van der Waals surface area (Å²) in [5.74, 6) is 0. The van der Waals surface area contributed by atoms with Crippen molar-refractivity contribution in [1.82, 2.24) is 5.32 Å². The molecule has 1 amide bonds. The molecule has 4 nitrogen and oxygen atoms in total. The minimum atomic E-state index is -4.52. The molecule has 1 fully saturated rings. The second kappa shape index (κ2) is 5.48. The number of carbonyl (C=O) groups is 1. The van der Waals surface area contributed by atoms with Crippen molar-refractivity contribution >= 4 is 11.8 Å². The van der Waals surface area contributed by atoms with Gasteiger partial charge in [-0.3, -0.25) is 10.6 Å². The Morgan fingerprint density at radius 2 is 2.11 bits per heavy atom. The van der Waals surface area contributed by atoms with Crippen LogP contribution < -0.4 is 10.6 Å². The smallest absolute Gasteiger partial charge is 0.418 e. The summed E-state index contributed by atoms with van der Waals surface area (Å²) in [7, 11) is 0. The van der Waals surface area contributed by atoms with Crippen LogP contribution in [-0.4, -0.2) is 18.9 Å². The van der Waals surface area contributed by atoms with Gasteiger partial charge in [-0.05, 0) is 31.5 Å². The first kappa shape index (κ1) is 13.7. The molecule has 1 unspecified atom stereocenters. The Morgan fingerprint density at radius 3 is 2.74 bits per heavy atom. The van der Waals surface area contributed by atoms with Crippen molar-refractivity contribution in [1.29, 1.82) is 0 Å². The highest BCUT2D eigenvalue weighted by Gasteiger charge is 2.33. The minimum Gasteiger partial charge on any atom is -0.430 e. The number of hydrogen-bond donors (Lipinski definition) is 2. The van der Waals surface area contributed by atoms with Crippen LogP contribution in [-0.2, 0) is 10.9 Å². The molecule has 0 aliphatic carbocycles.